The number of benzene rings is 1. The van der Waals surface area contributed by atoms with E-state index in [2.05, 4.69) is 20.0 Å². The van der Waals surface area contributed by atoms with Crippen molar-refractivity contribution in [1.82, 2.24) is 14.7 Å². The van der Waals surface area contributed by atoms with Crippen LogP contribution < -0.4 is 10.0 Å². The van der Waals surface area contributed by atoms with E-state index >= 15 is 0 Å². The molecule has 3 rings (SSSR count). The second-order valence-corrected chi connectivity index (χ2v) is 8.30. The number of hydrogen-bond acceptors (Lipinski definition) is 6. The van der Waals surface area contributed by atoms with Gasteiger partial charge in [0.15, 0.2) is 5.16 Å². The molecule has 0 unspecified atom stereocenters. The molecule has 0 bridgehead atoms. The van der Waals surface area contributed by atoms with Crippen LogP contribution in [0.2, 0.25) is 0 Å². The summed E-state index contributed by atoms with van der Waals surface area (Å²) >= 11 is 1.48. The van der Waals surface area contributed by atoms with E-state index < -0.39 is 10.0 Å². The normalized spacial score (nSPS) is 15.1. The van der Waals surface area contributed by atoms with Crippen molar-refractivity contribution < 1.29 is 8.42 Å². The molecule has 2 aromatic rings. The Morgan fingerprint density at radius 1 is 1.25 bits per heavy atom. The van der Waals surface area contributed by atoms with Crippen LogP contribution in [0, 0.1) is 0 Å². The molecule has 128 valence electrons. The van der Waals surface area contributed by atoms with Gasteiger partial charge in [0.25, 0.3) is 0 Å². The molecule has 2 N–H and O–H groups in total. The minimum absolute atomic E-state index is 0.296. The van der Waals surface area contributed by atoms with Crippen LogP contribution in [0.25, 0.3) is 0 Å². The Morgan fingerprint density at radius 3 is 2.67 bits per heavy atom. The van der Waals surface area contributed by atoms with E-state index in [1.54, 1.807) is 18.3 Å². The van der Waals surface area contributed by atoms with E-state index in [1.807, 2.05) is 18.4 Å². The van der Waals surface area contributed by atoms with Gasteiger partial charge in [-0.25, -0.2) is 23.1 Å². The first-order valence-corrected chi connectivity index (χ1v) is 10.5. The van der Waals surface area contributed by atoms with E-state index in [9.17, 15) is 8.42 Å². The van der Waals surface area contributed by atoms with Gasteiger partial charge >= 0.3 is 0 Å². The standard InChI is InChI=1S/C16H20N4O2S2/c1-17-24(21,22)12-6-7-14(13(10-12)11-4-3-5-11)19-15-8-9-18-16(20-15)23-2/h6-11,17H,3-5H2,1-2H3,(H,18,19,20). The molecule has 1 fully saturated rings. The molecule has 1 aliphatic rings. The van der Waals surface area contributed by atoms with Crippen LogP contribution in [0.15, 0.2) is 40.5 Å². The summed E-state index contributed by atoms with van der Waals surface area (Å²) in [5.74, 6) is 1.10. The first kappa shape index (κ1) is 17.2. The summed E-state index contributed by atoms with van der Waals surface area (Å²) in [6.45, 7) is 0. The number of anilines is 2. The second kappa shape index (κ2) is 7.08. The Bertz CT molecular complexity index is 836. The van der Waals surface area contributed by atoms with Crippen LogP contribution in [-0.4, -0.2) is 31.7 Å². The molecular formula is C16H20N4O2S2. The number of aromatic nitrogens is 2. The van der Waals surface area contributed by atoms with Crippen molar-refractivity contribution in [2.45, 2.75) is 35.2 Å². The monoisotopic (exact) mass is 364 g/mol. The lowest BCUT2D eigenvalue weighted by Gasteiger charge is -2.28. The maximum absolute atomic E-state index is 12.1. The highest BCUT2D eigenvalue weighted by molar-refractivity contribution is 7.98. The number of hydrogen-bond donors (Lipinski definition) is 2. The zero-order valence-corrected chi connectivity index (χ0v) is 15.2. The lowest BCUT2D eigenvalue weighted by Crippen LogP contribution is -2.20. The summed E-state index contributed by atoms with van der Waals surface area (Å²) in [5.41, 5.74) is 1.93. The van der Waals surface area contributed by atoms with E-state index in [0.717, 1.165) is 24.1 Å². The Hall–Kier alpha value is -1.64. The molecule has 6 nitrogen and oxygen atoms in total. The van der Waals surface area contributed by atoms with Crippen LogP contribution in [0.1, 0.15) is 30.7 Å². The lowest BCUT2D eigenvalue weighted by molar-refractivity contribution is 0.420. The van der Waals surface area contributed by atoms with Crippen LogP contribution in [0.4, 0.5) is 11.5 Å². The van der Waals surface area contributed by atoms with Crippen molar-refractivity contribution in [2.24, 2.45) is 0 Å². The van der Waals surface area contributed by atoms with Gasteiger partial charge in [-0.3, -0.25) is 0 Å². The molecule has 1 aromatic heterocycles. The third kappa shape index (κ3) is 3.55. The molecule has 24 heavy (non-hydrogen) atoms. The maximum Gasteiger partial charge on any atom is 0.240 e. The Morgan fingerprint density at radius 2 is 2.04 bits per heavy atom. The molecule has 1 saturated carbocycles. The molecule has 0 saturated heterocycles. The summed E-state index contributed by atoms with van der Waals surface area (Å²) in [5, 5.41) is 4.01. The summed E-state index contributed by atoms with van der Waals surface area (Å²) in [4.78, 5) is 8.89. The van der Waals surface area contributed by atoms with E-state index in [0.29, 0.717) is 21.8 Å². The average molecular weight is 364 g/mol. The lowest BCUT2D eigenvalue weighted by atomic mass is 9.79. The largest absolute Gasteiger partial charge is 0.340 e. The van der Waals surface area contributed by atoms with Crippen LogP contribution in [-0.2, 0) is 10.0 Å². The van der Waals surface area contributed by atoms with Crippen LogP contribution in [0.3, 0.4) is 0 Å². The maximum atomic E-state index is 12.1. The molecule has 8 heteroatoms. The summed E-state index contributed by atoms with van der Waals surface area (Å²) in [6.07, 6.45) is 6.98. The van der Waals surface area contributed by atoms with Gasteiger partial charge in [0.2, 0.25) is 10.0 Å². The van der Waals surface area contributed by atoms with Gasteiger partial charge in [0, 0.05) is 11.9 Å². The highest BCUT2D eigenvalue weighted by Gasteiger charge is 2.24. The van der Waals surface area contributed by atoms with Crippen molar-refractivity contribution in [2.75, 3.05) is 18.6 Å². The Labute approximate surface area is 146 Å². The van der Waals surface area contributed by atoms with Gasteiger partial charge in [-0.15, -0.1) is 0 Å². The predicted molar refractivity (Wildman–Crippen MR) is 96.4 cm³/mol. The number of thioether (sulfide) groups is 1. The van der Waals surface area contributed by atoms with Crippen molar-refractivity contribution in [3.63, 3.8) is 0 Å². The van der Waals surface area contributed by atoms with E-state index in [4.69, 9.17) is 0 Å². The SMILES string of the molecule is CNS(=O)(=O)c1ccc(Nc2ccnc(SC)n2)c(C2CCC2)c1. The van der Waals surface area contributed by atoms with Gasteiger partial charge in [0.05, 0.1) is 4.90 Å². The molecule has 0 spiro atoms. The molecule has 0 amide bonds. The molecule has 1 heterocycles. The second-order valence-electron chi connectivity index (χ2n) is 5.64. The van der Waals surface area contributed by atoms with Crippen molar-refractivity contribution in [3.05, 3.63) is 36.0 Å². The van der Waals surface area contributed by atoms with Crippen LogP contribution in [0.5, 0.6) is 0 Å². The average Bonchev–Trinajstić information content (AvgIpc) is 2.55. The van der Waals surface area contributed by atoms with Gasteiger partial charge in [-0.05, 0) is 61.9 Å². The fourth-order valence-corrected chi connectivity index (χ4v) is 3.76. The third-order valence-corrected chi connectivity index (χ3v) is 6.20. The molecule has 1 aromatic carbocycles. The third-order valence-electron chi connectivity index (χ3n) is 4.23. The minimum Gasteiger partial charge on any atom is -0.340 e. The minimum atomic E-state index is -3.45. The zero-order chi connectivity index (χ0) is 17.2. The fraction of sp³-hybridized carbons (Fsp3) is 0.375. The predicted octanol–water partition coefficient (Wildman–Crippen LogP) is 3.12. The number of nitrogens with zero attached hydrogens (tertiary/aromatic N) is 2. The first-order valence-electron chi connectivity index (χ1n) is 7.75. The zero-order valence-electron chi connectivity index (χ0n) is 13.6. The van der Waals surface area contributed by atoms with Gasteiger partial charge in [0.1, 0.15) is 5.82 Å². The van der Waals surface area contributed by atoms with E-state index in [1.165, 1.54) is 25.2 Å². The molecule has 1 aliphatic carbocycles. The molecule has 0 aliphatic heterocycles. The summed E-state index contributed by atoms with van der Waals surface area (Å²) in [6, 6.07) is 7.02. The first-order chi connectivity index (χ1) is 11.5. The highest BCUT2D eigenvalue weighted by Crippen LogP contribution is 2.41. The van der Waals surface area contributed by atoms with Gasteiger partial charge in [-0.1, -0.05) is 18.2 Å². The number of nitrogens with one attached hydrogen (secondary N) is 2. The smallest absolute Gasteiger partial charge is 0.240 e. The van der Waals surface area contributed by atoms with E-state index in [-0.39, 0.29) is 0 Å². The molecule has 0 radical (unpaired) electrons. The Kier molecular flexibility index (Phi) is 5.07. The summed E-state index contributed by atoms with van der Waals surface area (Å²) < 4.78 is 26.5. The Balaban J connectivity index is 1.97. The molecule has 0 atom stereocenters. The van der Waals surface area contributed by atoms with Crippen molar-refractivity contribution in [3.8, 4) is 0 Å². The number of rotatable bonds is 6. The van der Waals surface area contributed by atoms with Crippen molar-refractivity contribution >= 4 is 33.3 Å². The van der Waals surface area contributed by atoms with Gasteiger partial charge in [-0.2, -0.15) is 0 Å². The van der Waals surface area contributed by atoms with Crippen molar-refractivity contribution in [1.29, 1.82) is 0 Å². The fourth-order valence-electron chi connectivity index (χ4n) is 2.64. The topological polar surface area (TPSA) is 84.0 Å². The van der Waals surface area contributed by atoms with Gasteiger partial charge < -0.3 is 5.32 Å². The quantitative estimate of drug-likeness (QED) is 0.605. The number of sulfonamides is 1. The summed E-state index contributed by atoms with van der Waals surface area (Å²) in [7, 11) is -2.02. The highest BCUT2D eigenvalue weighted by atomic mass is 32.2. The molecular weight excluding hydrogens is 344 g/mol. The van der Waals surface area contributed by atoms with Crippen LogP contribution >= 0.6 is 11.8 Å².